The maximum absolute atomic E-state index is 13.7. The molecule has 0 unspecified atom stereocenters. The lowest BCUT2D eigenvalue weighted by Crippen LogP contribution is -1.99. The summed E-state index contributed by atoms with van der Waals surface area (Å²) in [7, 11) is 1.47. The Labute approximate surface area is 92.4 Å². The highest BCUT2D eigenvalue weighted by Crippen LogP contribution is 2.34. The molecule has 0 saturated carbocycles. The van der Waals surface area contributed by atoms with Gasteiger partial charge >= 0.3 is 0 Å². The summed E-state index contributed by atoms with van der Waals surface area (Å²) in [5, 5.41) is 0. The van der Waals surface area contributed by atoms with Gasteiger partial charge in [-0.2, -0.15) is 0 Å². The number of hydrogen-bond donors (Lipinski definition) is 0. The van der Waals surface area contributed by atoms with Crippen molar-refractivity contribution in [1.29, 1.82) is 0 Å². The van der Waals surface area contributed by atoms with Crippen molar-refractivity contribution in [1.82, 2.24) is 0 Å². The van der Waals surface area contributed by atoms with E-state index < -0.39 is 0 Å². The zero-order valence-corrected chi connectivity index (χ0v) is 10.4. The van der Waals surface area contributed by atoms with Crippen LogP contribution in [0.2, 0.25) is 0 Å². The maximum atomic E-state index is 13.7. The molecule has 3 heteroatoms. The molecular weight excluding hydrogens is 247 g/mol. The van der Waals surface area contributed by atoms with Crippen LogP contribution in [0.25, 0.3) is 0 Å². The van der Waals surface area contributed by atoms with Gasteiger partial charge in [-0.05, 0) is 46.0 Å². The first-order chi connectivity index (χ1) is 6.49. The molecule has 0 fully saturated rings. The van der Waals surface area contributed by atoms with Crippen molar-refractivity contribution in [3.8, 4) is 5.75 Å². The summed E-state index contributed by atoms with van der Waals surface area (Å²) in [4.78, 5) is 0. The summed E-state index contributed by atoms with van der Waals surface area (Å²) in [5.74, 6) is 0.323. The fourth-order valence-corrected chi connectivity index (χ4v) is 2.08. The second-order valence-electron chi connectivity index (χ2n) is 3.57. The smallest absolute Gasteiger partial charge is 0.169 e. The standard InChI is InChI=1S/C11H14BrFO/c1-6(2)8-5-9(12)11(14-4)10(13)7(8)3/h5-6H,1-4H3. The molecule has 14 heavy (non-hydrogen) atoms. The third kappa shape index (κ3) is 1.92. The van der Waals surface area contributed by atoms with Crippen molar-refractivity contribution in [3.63, 3.8) is 0 Å². The van der Waals surface area contributed by atoms with E-state index in [4.69, 9.17) is 4.74 Å². The van der Waals surface area contributed by atoms with Crippen molar-refractivity contribution in [2.75, 3.05) is 7.11 Å². The minimum atomic E-state index is -0.273. The van der Waals surface area contributed by atoms with E-state index in [1.54, 1.807) is 6.92 Å². The monoisotopic (exact) mass is 260 g/mol. The predicted octanol–water partition coefficient (Wildman–Crippen LogP) is 4.03. The molecule has 0 aromatic heterocycles. The van der Waals surface area contributed by atoms with Gasteiger partial charge in [-0.25, -0.2) is 4.39 Å². The van der Waals surface area contributed by atoms with Crippen LogP contribution in [-0.2, 0) is 0 Å². The van der Waals surface area contributed by atoms with Crippen LogP contribution in [0.5, 0.6) is 5.75 Å². The van der Waals surface area contributed by atoms with Crippen molar-refractivity contribution in [2.24, 2.45) is 0 Å². The average molecular weight is 261 g/mol. The molecule has 0 N–H and O–H groups in total. The molecule has 0 heterocycles. The molecule has 1 aromatic carbocycles. The highest BCUT2D eigenvalue weighted by molar-refractivity contribution is 9.10. The number of hydrogen-bond acceptors (Lipinski definition) is 1. The summed E-state index contributed by atoms with van der Waals surface area (Å²) < 4.78 is 19.4. The molecule has 0 aliphatic heterocycles. The van der Waals surface area contributed by atoms with Crippen molar-refractivity contribution >= 4 is 15.9 Å². The molecule has 1 nitrogen and oxygen atoms in total. The molecule has 1 rings (SSSR count). The van der Waals surface area contributed by atoms with Gasteiger partial charge in [-0.3, -0.25) is 0 Å². The van der Waals surface area contributed by atoms with Gasteiger partial charge in [0, 0.05) is 0 Å². The zero-order chi connectivity index (χ0) is 10.9. The van der Waals surface area contributed by atoms with Gasteiger partial charge < -0.3 is 4.74 Å². The van der Waals surface area contributed by atoms with E-state index in [-0.39, 0.29) is 11.6 Å². The van der Waals surface area contributed by atoms with E-state index in [9.17, 15) is 4.39 Å². The molecule has 78 valence electrons. The van der Waals surface area contributed by atoms with Gasteiger partial charge in [-0.1, -0.05) is 13.8 Å². The molecule has 0 spiro atoms. The Bertz CT molecular complexity index is 348. The average Bonchev–Trinajstić information content (AvgIpc) is 2.12. The molecule has 0 bridgehead atoms. The minimum absolute atomic E-state index is 0.273. The van der Waals surface area contributed by atoms with Gasteiger partial charge in [0.05, 0.1) is 11.6 Å². The zero-order valence-electron chi connectivity index (χ0n) is 8.82. The molecule has 0 saturated heterocycles. The van der Waals surface area contributed by atoms with Crippen LogP contribution in [0.4, 0.5) is 4.39 Å². The summed E-state index contributed by atoms with van der Waals surface area (Å²) >= 11 is 3.30. The number of rotatable bonds is 2. The lowest BCUT2D eigenvalue weighted by molar-refractivity contribution is 0.381. The van der Waals surface area contributed by atoms with E-state index in [1.807, 2.05) is 19.9 Å². The predicted molar refractivity (Wildman–Crippen MR) is 59.5 cm³/mol. The van der Waals surface area contributed by atoms with Gasteiger partial charge in [0.1, 0.15) is 0 Å². The van der Waals surface area contributed by atoms with Crippen LogP contribution in [0.1, 0.15) is 30.9 Å². The van der Waals surface area contributed by atoms with Crippen LogP contribution < -0.4 is 4.74 Å². The molecule has 0 atom stereocenters. The van der Waals surface area contributed by atoms with E-state index in [2.05, 4.69) is 15.9 Å². The Kier molecular flexibility index (Phi) is 3.53. The quantitative estimate of drug-likeness (QED) is 0.781. The van der Waals surface area contributed by atoms with Crippen molar-refractivity contribution in [3.05, 3.63) is 27.5 Å². The largest absolute Gasteiger partial charge is 0.492 e. The maximum Gasteiger partial charge on any atom is 0.169 e. The second-order valence-corrected chi connectivity index (χ2v) is 4.43. The first-order valence-electron chi connectivity index (χ1n) is 4.51. The van der Waals surface area contributed by atoms with Gasteiger partial charge in [0.15, 0.2) is 11.6 Å². The van der Waals surface area contributed by atoms with E-state index >= 15 is 0 Å². The fraction of sp³-hybridized carbons (Fsp3) is 0.455. The third-order valence-electron chi connectivity index (χ3n) is 2.29. The summed E-state index contributed by atoms with van der Waals surface area (Å²) in [6.45, 7) is 5.86. The normalized spacial score (nSPS) is 10.8. The second kappa shape index (κ2) is 4.30. The van der Waals surface area contributed by atoms with Crippen molar-refractivity contribution in [2.45, 2.75) is 26.7 Å². The first kappa shape index (κ1) is 11.5. The fourth-order valence-electron chi connectivity index (χ4n) is 1.50. The van der Waals surface area contributed by atoms with Gasteiger partial charge in [-0.15, -0.1) is 0 Å². The topological polar surface area (TPSA) is 9.23 Å². The van der Waals surface area contributed by atoms with Crippen molar-refractivity contribution < 1.29 is 9.13 Å². The van der Waals surface area contributed by atoms with Crippen LogP contribution in [0, 0.1) is 12.7 Å². The van der Waals surface area contributed by atoms with E-state index in [0.717, 1.165) is 5.56 Å². The number of benzene rings is 1. The van der Waals surface area contributed by atoms with Gasteiger partial charge in [0.2, 0.25) is 0 Å². The Hall–Kier alpha value is -0.570. The number of halogens is 2. The molecule has 0 amide bonds. The van der Waals surface area contributed by atoms with Crippen LogP contribution in [0.3, 0.4) is 0 Å². The van der Waals surface area contributed by atoms with E-state index in [1.165, 1.54) is 7.11 Å². The Morgan fingerprint density at radius 3 is 2.43 bits per heavy atom. The SMILES string of the molecule is COc1c(Br)cc(C(C)C)c(C)c1F. The minimum Gasteiger partial charge on any atom is -0.492 e. The number of ether oxygens (including phenoxy) is 1. The third-order valence-corrected chi connectivity index (χ3v) is 2.88. The van der Waals surface area contributed by atoms with Gasteiger partial charge in [0.25, 0.3) is 0 Å². The summed E-state index contributed by atoms with van der Waals surface area (Å²) in [6.07, 6.45) is 0. The molecule has 0 aliphatic rings. The van der Waals surface area contributed by atoms with Crippen LogP contribution in [0.15, 0.2) is 10.5 Å². The Morgan fingerprint density at radius 2 is 2.00 bits per heavy atom. The van der Waals surface area contributed by atoms with Crippen LogP contribution >= 0.6 is 15.9 Å². The molecule has 0 radical (unpaired) electrons. The highest BCUT2D eigenvalue weighted by atomic mass is 79.9. The number of methoxy groups -OCH3 is 1. The lowest BCUT2D eigenvalue weighted by Gasteiger charge is -2.14. The molecule has 0 aliphatic carbocycles. The molecular formula is C11H14BrFO. The molecule has 1 aromatic rings. The lowest BCUT2D eigenvalue weighted by atomic mass is 9.97. The summed E-state index contributed by atoms with van der Waals surface area (Å²) in [5.41, 5.74) is 1.68. The first-order valence-corrected chi connectivity index (χ1v) is 5.30. The summed E-state index contributed by atoms with van der Waals surface area (Å²) in [6, 6.07) is 1.92. The highest BCUT2D eigenvalue weighted by Gasteiger charge is 2.16. The Balaban J connectivity index is 3.40. The van der Waals surface area contributed by atoms with Crippen LogP contribution in [-0.4, -0.2) is 7.11 Å². The Morgan fingerprint density at radius 1 is 1.43 bits per heavy atom. The van der Waals surface area contributed by atoms with E-state index in [0.29, 0.717) is 16.0 Å².